The Labute approximate surface area is 170 Å². The summed E-state index contributed by atoms with van der Waals surface area (Å²) in [7, 11) is 0. The predicted molar refractivity (Wildman–Crippen MR) is 107 cm³/mol. The van der Waals surface area contributed by atoms with Gasteiger partial charge in [-0.15, -0.1) is 0 Å². The number of hydrogen-bond donors (Lipinski definition) is 2. The molecule has 8 nitrogen and oxygen atoms in total. The van der Waals surface area contributed by atoms with Gasteiger partial charge in [0.2, 0.25) is 5.91 Å². The van der Waals surface area contributed by atoms with Crippen LogP contribution in [0, 0.1) is 0 Å². The predicted octanol–water partition coefficient (Wildman–Crippen LogP) is 3.82. The van der Waals surface area contributed by atoms with Crippen LogP contribution < -0.4 is 10.6 Å². The zero-order valence-electron chi connectivity index (χ0n) is 14.8. The van der Waals surface area contributed by atoms with Crippen LogP contribution in [0.4, 0.5) is 11.4 Å². The van der Waals surface area contributed by atoms with Gasteiger partial charge in [-0.05, 0) is 36.8 Å². The number of hydrogen-bond acceptors (Lipinski definition) is 5. The molecule has 28 heavy (non-hydrogen) atoms. The van der Waals surface area contributed by atoms with E-state index < -0.39 is 11.9 Å². The van der Waals surface area contributed by atoms with Gasteiger partial charge in [0.15, 0.2) is 16.0 Å². The molecule has 0 bridgehead atoms. The van der Waals surface area contributed by atoms with Crippen molar-refractivity contribution in [2.24, 2.45) is 0 Å². The second-order valence-corrected chi connectivity index (χ2v) is 6.45. The van der Waals surface area contributed by atoms with Crippen molar-refractivity contribution in [3.63, 3.8) is 0 Å². The van der Waals surface area contributed by atoms with Crippen LogP contribution in [0.3, 0.4) is 0 Å². The first-order chi connectivity index (χ1) is 13.5. The largest absolute Gasteiger partial charge is 0.322 e. The first-order valence-corrected chi connectivity index (χ1v) is 9.13. The molecule has 10 heteroatoms. The molecule has 1 unspecified atom stereocenters. The summed E-state index contributed by atoms with van der Waals surface area (Å²) in [6, 6.07) is 7.50. The van der Waals surface area contributed by atoms with Gasteiger partial charge >= 0.3 is 0 Å². The first-order valence-electron chi connectivity index (χ1n) is 8.38. The molecule has 0 spiro atoms. The number of nitrogens with one attached hydrogen (secondary N) is 2. The molecule has 0 aliphatic heterocycles. The number of halogens is 2. The number of rotatable bonds is 6. The molecule has 1 atom stereocenters. The van der Waals surface area contributed by atoms with Crippen LogP contribution in [0.1, 0.15) is 29.9 Å². The smallest absolute Gasteiger partial charge is 0.276 e. The molecule has 0 aliphatic rings. The average molecular weight is 419 g/mol. The van der Waals surface area contributed by atoms with E-state index in [0.29, 0.717) is 17.8 Å². The summed E-state index contributed by atoms with van der Waals surface area (Å²) >= 11 is 11.9. The van der Waals surface area contributed by atoms with Gasteiger partial charge in [0, 0.05) is 18.6 Å². The van der Waals surface area contributed by atoms with E-state index in [1.165, 1.54) is 23.1 Å². The summed E-state index contributed by atoms with van der Waals surface area (Å²) in [5, 5.41) is 9.96. The highest BCUT2D eigenvalue weighted by Gasteiger charge is 2.22. The lowest BCUT2D eigenvalue weighted by atomic mass is 10.2. The Bertz CT molecular complexity index is 1010. The van der Waals surface area contributed by atoms with E-state index in [2.05, 4.69) is 25.7 Å². The Hall–Kier alpha value is -2.97. The normalized spacial score (nSPS) is 11.7. The molecule has 0 saturated heterocycles. The van der Waals surface area contributed by atoms with Crippen molar-refractivity contribution in [1.82, 2.24) is 19.7 Å². The molecule has 0 fully saturated rings. The lowest BCUT2D eigenvalue weighted by Crippen LogP contribution is -2.26. The van der Waals surface area contributed by atoms with Crippen LogP contribution in [0.5, 0.6) is 0 Å². The fourth-order valence-corrected chi connectivity index (χ4v) is 2.82. The van der Waals surface area contributed by atoms with Gasteiger partial charge in [0.1, 0.15) is 6.04 Å². The molecule has 3 aromatic rings. The maximum absolute atomic E-state index is 12.6. The summed E-state index contributed by atoms with van der Waals surface area (Å²) < 4.78 is 1.43. The number of amides is 2. The number of anilines is 2. The van der Waals surface area contributed by atoms with E-state index in [9.17, 15) is 9.59 Å². The lowest BCUT2D eigenvalue weighted by molar-refractivity contribution is -0.119. The highest BCUT2D eigenvalue weighted by molar-refractivity contribution is 6.33. The van der Waals surface area contributed by atoms with E-state index in [-0.39, 0.29) is 21.9 Å². The van der Waals surface area contributed by atoms with Crippen LogP contribution in [-0.4, -0.2) is 31.6 Å². The standard InChI is InChI=1S/C18H16Cl2N6O2/c1-2-14(18(28)24-12-6-4-9-22-16(12)20)26-10-7-13(25-26)17(27)23-11-5-3-8-21-15(11)19/h3-10,14H,2H2,1H3,(H,23,27)(H,24,28). The van der Waals surface area contributed by atoms with E-state index in [1.807, 2.05) is 6.92 Å². The monoisotopic (exact) mass is 418 g/mol. The molecule has 0 saturated carbocycles. The van der Waals surface area contributed by atoms with Gasteiger partial charge in [-0.3, -0.25) is 14.3 Å². The molecule has 144 valence electrons. The Balaban J connectivity index is 1.73. The van der Waals surface area contributed by atoms with Crippen molar-refractivity contribution < 1.29 is 9.59 Å². The molecule has 2 N–H and O–H groups in total. The second kappa shape index (κ2) is 8.81. The zero-order valence-corrected chi connectivity index (χ0v) is 16.3. The minimum atomic E-state index is -0.625. The molecule has 0 aliphatic carbocycles. The lowest BCUT2D eigenvalue weighted by Gasteiger charge is -2.16. The van der Waals surface area contributed by atoms with E-state index in [0.717, 1.165) is 0 Å². The molecule has 0 radical (unpaired) electrons. The highest BCUT2D eigenvalue weighted by Crippen LogP contribution is 2.21. The zero-order chi connectivity index (χ0) is 20.1. The first kappa shape index (κ1) is 19.8. The second-order valence-electron chi connectivity index (χ2n) is 5.73. The fraction of sp³-hybridized carbons (Fsp3) is 0.167. The average Bonchev–Trinajstić information content (AvgIpc) is 3.16. The highest BCUT2D eigenvalue weighted by atomic mass is 35.5. The van der Waals surface area contributed by atoms with E-state index in [1.54, 1.807) is 30.5 Å². The van der Waals surface area contributed by atoms with E-state index >= 15 is 0 Å². The van der Waals surface area contributed by atoms with Gasteiger partial charge < -0.3 is 10.6 Å². The van der Waals surface area contributed by atoms with Crippen LogP contribution in [-0.2, 0) is 4.79 Å². The third kappa shape index (κ3) is 4.47. The minimum Gasteiger partial charge on any atom is -0.322 e. The quantitative estimate of drug-likeness (QED) is 0.592. The minimum absolute atomic E-state index is 0.144. The van der Waals surface area contributed by atoms with Crippen molar-refractivity contribution in [3.8, 4) is 0 Å². The molecule has 2 amide bonds. The van der Waals surface area contributed by atoms with Crippen LogP contribution in [0.2, 0.25) is 10.3 Å². The fourth-order valence-electron chi connectivity index (χ4n) is 2.49. The maximum Gasteiger partial charge on any atom is 0.276 e. The number of carbonyl (C=O) groups excluding carboxylic acids is 2. The Kier molecular flexibility index (Phi) is 6.23. The van der Waals surface area contributed by atoms with Crippen LogP contribution in [0.25, 0.3) is 0 Å². The molecule has 3 rings (SSSR count). The van der Waals surface area contributed by atoms with Gasteiger partial charge in [0.25, 0.3) is 5.91 Å². The Morgan fingerprint density at radius 3 is 2.21 bits per heavy atom. The molecule has 0 aromatic carbocycles. The van der Waals surface area contributed by atoms with Crippen LogP contribution in [0.15, 0.2) is 48.9 Å². The number of carbonyl (C=O) groups is 2. The van der Waals surface area contributed by atoms with Gasteiger partial charge in [0.05, 0.1) is 11.4 Å². The van der Waals surface area contributed by atoms with Crippen molar-refractivity contribution in [2.75, 3.05) is 10.6 Å². The number of nitrogens with zero attached hydrogens (tertiary/aromatic N) is 4. The van der Waals surface area contributed by atoms with Crippen molar-refractivity contribution in [1.29, 1.82) is 0 Å². The summed E-state index contributed by atoms with van der Waals surface area (Å²) in [4.78, 5) is 32.8. The van der Waals surface area contributed by atoms with Crippen molar-refractivity contribution in [2.45, 2.75) is 19.4 Å². The van der Waals surface area contributed by atoms with Crippen molar-refractivity contribution in [3.05, 3.63) is 64.9 Å². The van der Waals surface area contributed by atoms with Crippen LogP contribution >= 0.6 is 23.2 Å². The van der Waals surface area contributed by atoms with Gasteiger partial charge in [-0.1, -0.05) is 30.1 Å². The van der Waals surface area contributed by atoms with Gasteiger partial charge in [-0.2, -0.15) is 5.10 Å². The topological polar surface area (TPSA) is 102 Å². The van der Waals surface area contributed by atoms with Crippen molar-refractivity contribution >= 4 is 46.4 Å². The summed E-state index contributed by atoms with van der Waals surface area (Å²) in [6.45, 7) is 1.84. The number of pyridine rings is 2. The molecular weight excluding hydrogens is 403 g/mol. The summed E-state index contributed by atoms with van der Waals surface area (Å²) in [5.74, 6) is -0.776. The summed E-state index contributed by atoms with van der Waals surface area (Å²) in [6.07, 6.45) is 5.08. The third-order valence-corrected chi connectivity index (χ3v) is 4.48. The van der Waals surface area contributed by atoms with E-state index in [4.69, 9.17) is 23.2 Å². The Morgan fingerprint density at radius 1 is 1.04 bits per heavy atom. The molecule has 3 heterocycles. The number of aromatic nitrogens is 4. The SMILES string of the molecule is CCC(C(=O)Nc1cccnc1Cl)n1ccc(C(=O)Nc2cccnc2Cl)n1. The maximum atomic E-state index is 12.6. The third-order valence-electron chi connectivity index (χ3n) is 3.87. The Morgan fingerprint density at radius 2 is 1.64 bits per heavy atom. The summed E-state index contributed by atoms with van der Waals surface area (Å²) in [5.41, 5.74) is 0.925. The molecular formula is C18H16Cl2N6O2. The molecule has 3 aromatic heterocycles. The van der Waals surface area contributed by atoms with Gasteiger partial charge in [-0.25, -0.2) is 9.97 Å².